The van der Waals surface area contributed by atoms with E-state index in [1.165, 1.54) is 36.1 Å². The molecule has 1 N–H and O–H groups in total. The molecule has 0 amide bonds. The smallest absolute Gasteiger partial charge is 0.0412 e. The van der Waals surface area contributed by atoms with Gasteiger partial charge < -0.3 is 10.2 Å². The van der Waals surface area contributed by atoms with Gasteiger partial charge in [-0.1, -0.05) is 25.5 Å². The van der Waals surface area contributed by atoms with E-state index in [0.717, 1.165) is 19.6 Å². The average molecular weight is 218 g/mol. The summed E-state index contributed by atoms with van der Waals surface area (Å²) in [6.07, 6.45) is 3.70. The molecule has 1 aliphatic rings. The molecule has 1 heterocycles. The van der Waals surface area contributed by atoms with Gasteiger partial charge in [0.15, 0.2) is 0 Å². The van der Waals surface area contributed by atoms with Crippen LogP contribution in [0.5, 0.6) is 0 Å². The Morgan fingerprint density at radius 3 is 3.06 bits per heavy atom. The predicted octanol–water partition coefficient (Wildman–Crippen LogP) is 2.57. The zero-order chi connectivity index (χ0) is 11.4. The lowest BCUT2D eigenvalue weighted by atomic mass is 9.99. The standard InChI is InChI=1S/C14H22N2/c1-3-4-10-16(2)14-7-5-6-12-8-9-15-11-13(12)14/h5-7,15H,3-4,8-11H2,1-2H3. The zero-order valence-electron chi connectivity index (χ0n) is 10.4. The second-order valence-electron chi connectivity index (χ2n) is 4.62. The van der Waals surface area contributed by atoms with E-state index in [4.69, 9.17) is 0 Å². The van der Waals surface area contributed by atoms with Crippen LogP contribution < -0.4 is 10.2 Å². The van der Waals surface area contributed by atoms with Crippen molar-refractivity contribution in [1.29, 1.82) is 0 Å². The second kappa shape index (κ2) is 5.35. The lowest BCUT2D eigenvalue weighted by Gasteiger charge is -2.26. The van der Waals surface area contributed by atoms with E-state index in [0.29, 0.717) is 0 Å². The van der Waals surface area contributed by atoms with E-state index in [1.54, 1.807) is 0 Å². The first-order valence-electron chi connectivity index (χ1n) is 6.35. The van der Waals surface area contributed by atoms with Crippen LogP contribution >= 0.6 is 0 Å². The fourth-order valence-corrected chi connectivity index (χ4v) is 2.37. The van der Waals surface area contributed by atoms with Gasteiger partial charge in [0, 0.05) is 25.8 Å². The highest BCUT2D eigenvalue weighted by Crippen LogP contribution is 2.25. The minimum atomic E-state index is 1.03. The monoisotopic (exact) mass is 218 g/mol. The zero-order valence-corrected chi connectivity index (χ0v) is 10.4. The van der Waals surface area contributed by atoms with Crippen molar-refractivity contribution in [2.45, 2.75) is 32.7 Å². The molecule has 1 aromatic carbocycles. The topological polar surface area (TPSA) is 15.3 Å². The summed E-state index contributed by atoms with van der Waals surface area (Å²) in [4.78, 5) is 2.40. The van der Waals surface area contributed by atoms with E-state index in [9.17, 15) is 0 Å². The summed E-state index contributed by atoms with van der Waals surface area (Å²) in [6, 6.07) is 6.72. The van der Waals surface area contributed by atoms with Gasteiger partial charge in [-0.05, 0) is 36.6 Å². The number of rotatable bonds is 4. The van der Waals surface area contributed by atoms with E-state index in [-0.39, 0.29) is 0 Å². The van der Waals surface area contributed by atoms with Gasteiger partial charge in [-0.3, -0.25) is 0 Å². The molecule has 0 unspecified atom stereocenters. The molecular weight excluding hydrogens is 196 g/mol. The van der Waals surface area contributed by atoms with Crippen LogP contribution in [0.1, 0.15) is 30.9 Å². The Hall–Kier alpha value is -1.02. The summed E-state index contributed by atoms with van der Waals surface area (Å²) in [5, 5.41) is 3.47. The third-order valence-electron chi connectivity index (χ3n) is 3.38. The van der Waals surface area contributed by atoms with Gasteiger partial charge in [0.05, 0.1) is 0 Å². The van der Waals surface area contributed by atoms with Gasteiger partial charge in [0.25, 0.3) is 0 Å². The Balaban J connectivity index is 2.19. The first-order chi connectivity index (χ1) is 7.83. The maximum atomic E-state index is 3.47. The molecule has 0 bridgehead atoms. The van der Waals surface area contributed by atoms with Crippen molar-refractivity contribution in [3.05, 3.63) is 29.3 Å². The molecule has 0 saturated carbocycles. The van der Waals surface area contributed by atoms with Crippen molar-refractivity contribution in [2.75, 3.05) is 25.0 Å². The average Bonchev–Trinajstić information content (AvgIpc) is 2.35. The largest absolute Gasteiger partial charge is 0.374 e. The minimum absolute atomic E-state index is 1.03. The summed E-state index contributed by atoms with van der Waals surface area (Å²) >= 11 is 0. The number of hydrogen-bond donors (Lipinski definition) is 1. The Bertz CT molecular complexity index is 347. The van der Waals surface area contributed by atoms with Crippen molar-refractivity contribution >= 4 is 5.69 Å². The Morgan fingerprint density at radius 2 is 2.25 bits per heavy atom. The van der Waals surface area contributed by atoms with Gasteiger partial charge in [-0.25, -0.2) is 0 Å². The maximum absolute atomic E-state index is 3.47. The van der Waals surface area contributed by atoms with Gasteiger partial charge in [-0.2, -0.15) is 0 Å². The lowest BCUT2D eigenvalue weighted by molar-refractivity contribution is 0.640. The molecule has 2 nitrogen and oxygen atoms in total. The van der Waals surface area contributed by atoms with Crippen molar-refractivity contribution in [3.63, 3.8) is 0 Å². The summed E-state index contributed by atoms with van der Waals surface area (Å²) < 4.78 is 0. The van der Waals surface area contributed by atoms with Gasteiger partial charge >= 0.3 is 0 Å². The molecule has 0 atom stereocenters. The van der Waals surface area contributed by atoms with Gasteiger partial charge in [-0.15, -0.1) is 0 Å². The Labute approximate surface area is 98.7 Å². The van der Waals surface area contributed by atoms with Crippen molar-refractivity contribution < 1.29 is 0 Å². The molecule has 0 saturated heterocycles. The molecule has 0 radical (unpaired) electrons. The van der Waals surface area contributed by atoms with Crippen molar-refractivity contribution in [1.82, 2.24) is 5.32 Å². The molecule has 0 fully saturated rings. The van der Waals surface area contributed by atoms with Gasteiger partial charge in [0.2, 0.25) is 0 Å². The molecule has 2 rings (SSSR count). The van der Waals surface area contributed by atoms with E-state index in [1.807, 2.05) is 0 Å². The van der Waals surface area contributed by atoms with E-state index >= 15 is 0 Å². The van der Waals surface area contributed by atoms with E-state index in [2.05, 4.69) is 42.4 Å². The van der Waals surface area contributed by atoms with Crippen LogP contribution in [-0.4, -0.2) is 20.1 Å². The Morgan fingerprint density at radius 1 is 1.38 bits per heavy atom. The normalized spacial score (nSPS) is 14.6. The second-order valence-corrected chi connectivity index (χ2v) is 4.62. The minimum Gasteiger partial charge on any atom is -0.374 e. The van der Waals surface area contributed by atoms with Crippen LogP contribution in [0.3, 0.4) is 0 Å². The molecule has 16 heavy (non-hydrogen) atoms. The highest BCUT2D eigenvalue weighted by Gasteiger charge is 2.14. The molecule has 0 spiro atoms. The molecule has 88 valence electrons. The van der Waals surface area contributed by atoms with Gasteiger partial charge in [0.1, 0.15) is 0 Å². The summed E-state index contributed by atoms with van der Waals surface area (Å²) in [7, 11) is 2.21. The maximum Gasteiger partial charge on any atom is 0.0412 e. The van der Waals surface area contributed by atoms with Crippen LogP contribution in [-0.2, 0) is 13.0 Å². The summed E-state index contributed by atoms with van der Waals surface area (Å²) in [5.74, 6) is 0. The Kier molecular flexibility index (Phi) is 3.83. The number of fused-ring (bicyclic) bond motifs is 1. The lowest BCUT2D eigenvalue weighted by Crippen LogP contribution is -2.27. The predicted molar refractivity (Wildman–Crippen MR) is 70.0 cm³/mol. The van der Waals surface area contributed by atoms with Crippen molar-refractivity contribution in [3.8, 4) is 0 Å². The van der Waals surface area contributed by atoms with E-state index < -0.39 is 0 Å². The number of nitrogens with zero attached hydrogens (tertiary/aromatic N) is 1. The first kappa shape index (κ1) is 11.5. The number of unbranched alkanes of at least 4 members (excludes halogenated alkanes) is 1. The van der Waals surface area contributed by atoms with Crippen LogP contribution in [0.4, 0.5) is 5.69 Å². The van der Waals surface area contributed by atoms with Crippen LogP contribution in [0.2, 0.25) is 0 Å². The third kappa shape index (κ3) is 2.38. The molecule has 1 aliphatic heterocycles. The molecule has 2 heteroatoms. The number of benzene rings is 1. The summed E-state index contributed by atoms with van der Waals surface area (Å²) in [6.45, 7) is 5.56. The van der Waals surface area contributed by atoms with Crippen LogP contribution in [0, 0.1) is 0 Å². The SMILES string of the molecule is CCCCN(C)c1cccc2c1CNCC2. The van der Waals surface area contributed by atoms with Crippen LogP contribution in [0.25, 0.3) is 0 Å². The number of anilines is 1. The van der Waals surface area contributed by atoms with Crippen molar-refractivity contribution in [2.24, 2.45) is 0 Å². The summed E-state index contributed by atoms with van der Waals surface area (Å²) in [5.41, 5.74) is 4.45. The number of nitrogens with one attached hydrogen (secondary N) is 1. The third-order valence-corrected chi connectivity index (χ3v) is 3.38. The first-order valence-corrected chi connectivity index (χ1v) is 6.35. The molecule has 0 aliphatic carbocycles. The highest BCUT2D eigenvalue weighted by atomic mass is 15.1. The fourth-order valence-electron chi connectivity index (χ4n) is 2.37. The quantitative estimate of drug-likeness (QED) is 0.835. The number of hydrogen-bond acceptors (Lipinski definition) is 2. The molecule has 1 aromatic rings. The highest BCUT2D eigenvalue weighted by molar-refractivity contribution is 5.57. The molecular formula is C14H22N2. The van der Waals surface area contributed by atoms with Crippen LogP contribution in [0.15, 0.2) is 18.2 Å². The molecule has 0 aromatic heterocycles. The fraction of sp³-hybridized carbons (Fsp3) is 0.571.